The van der Waals surface area contributed by atoms with Crippen molar-refractivity contribution in [2.45, 2.75) is 209 Å². The minimum atomic E-state index is -0.153. The molecule has 88 heavy (non-hydrogen) atoms. The molecule has 0 fully saturated rings. The van der Waals surface area contributed by atoms with Crippen LogP contribution >= 0.6 is 0 Å². The summed E-state index contributed by atoms with van der Waals surface area (Å²) in [5.74, 6) is 2.69. The molecule has 462 valence electrons. The number of fused-ring (bicyclic) bond motifs is 3. The number of rotatable bonds is 8. The van der Waals surface area contributed by atoms with Gasteiger partial charge in [0.2, 0.25) is 12.2 Å². The van der Waals surface area contributed by atoms with Gasteiger partial charge in [0.15, 0.2) is 0 Å². The van der Waals surface area contributed by atoms with Gasteiger partial charge in [-0.1, -0.05) is 257 Å². The van der Waals surface area contributed by atoms with E-state index < -0.39 is 0 Å². The normalized spacial score (nSPS) is 13.1. The van der Waals surface area contributed by atoms with Crippen LogP contribution in [0.1, 0.15) is 211 Å². The van der Waals surface area contributed by atoms with Gasteiger partial charge in [-0.15, -0.1) is 29.7 Å². The standard InChI is InChI=1S/C81H95N5O.Pt/c1-74(2,3)53-31-34-69-68(46-53)67-33-32-64(49-70(67)86(69)71-47-54(35-36-82-71)75(4,5)6)87-63-28-25-27-61(48-63)85-50-84(62-44-59(80(19,20)21)43-60(45-62)81(22,23)24)73(83-85)72-65(51-37-55(76(7,8)9)41-56(38-51)77(10,11)12)29-26-30-66(72)52-39-57(78(13,14)15)42-58(40-52)79(16,17)18;/h25-47H,1-24H3;/q-2;. The summed E-state index contributed by atoms with van der Waals surface area (Å²) in [5, 5.41) is 8.02. The molecule has 0 saturated carbocycles. The van der Waals surface area contributed by atoms with Gasteiger partial charge in [0.05, 0.1) is 0 Å². The molecular formula is C81H95N5OPt-2. The van der Waals surface area contributed by atoms with Crippen LogP contribution in [0.2, 0.25) is 0 Å². The van der Waals surface area contributed by atoms with Gasteiger partial charge in [0, 0.05) is 55.5 Å². The van der Waals surface area contributed by atoms with Gasteiger partial charge in [0.1, 0.15) is 5.82 Å². The number of benzene rings is 7. The second kappa shape index (κ2) is 22.9. The largest absolute Gasteiger partial charge is 0.510 e. The molecule has 0 bridgehead atoms. The van der Waals surface area contributed by atoms with Gasteiger partial charge < -0.3 is 13.9 Å². The number of hydrogen-bond donors (Lipinski definition) is 0. The number of aromatic nitrogens is 5. The van der Waals surface area contributed by atoms with Crippen molar-refractivity contribution >= 4 is 21.8 Å². The van der Waals surface area contributed by atoms with Gasteiger partial charge in [-0.2, -0.15) is 22.9 Å². The average Bonchev–Trinajstić information content (AvgIpc) is 1.57. The van der Waals surface area contributed by atoms with Crippen LogP contribution in [-0.2, 0) is 64.4 Å². The van der Waals surface area contributed by atoms with Crippen molar-refractivity contribution in [1.29, 1.82) is 0 Å². The van der Waals surface area contributed by atoms with Gasteiger partial charge in [-0.3, -0.25) is 0 Å². The van der Waals surface area contributed by atoms with Crippen LogP contribution < -0.4 is 9.30 Å². The third-order valence-electron chi connectivity index (χ3n) is 17.3. The number of ether oxygens (including phenoxy) is 1. The summed E-state index contributed by atoms with van der Waals surface area (Å²) in [6.45, 7) is 55.1. The zero-order chi connectivity index (χ0) is 63.5. The van der Waals surface area contributed by atoms with E-state index in [1.807, 2.05) is 35.1 Å². The van der Waals surface area contributed by atoms with Crippen LogP contribution in [0.15, 0.2) is 140 Å². The van der Waals surface area contributed by atoms with E-state index in [9.17, 15) is 0 Å². The van der Waals surface area contributed by atoms with E-state index in [4.69, 9.17) is 14.8 Å². The molecule has 0 atom stereocenters. The molecule has 0 unspecified atom stereocenters. The molecule has 10 aromatic rings. The first-order valence-electron chi connectivity index (χ1n) is 31.4. The maximum Gasteiger partial charge on any atom is 0.233 e. The van der Waals surface area contributed by atoms with E-state index in [-0.39, 0.29) is 64.4 Å². The molecule has 10 rings (SSSR count). The predicted molar refractivity (Wildman–Crippen MR) is 366 cm³/mol. The SMILES string of the molecule is CC(C)(C)c1cc(-c2cccc(-c3cc(C(C)(C)C)cc(C(C)(C)C)c3)c2-c2nn(-c3[c-]c(Oc4[c-]c5c(cc4)c4cc(C(C)(C)C)ccc4n5-c4cc(C(C)(C)C)ccn4)ccc3)[c-][n+]2-c2cc(C(C)(C)C)cc(C(C)(C)C)c2)cc(C(C)(C)C)c1.[Pt]. The molecule has 0 N–H and O–H groups in total. The first kappa shape index (κ1) is 65.6. The zero-order valence-corrected chi connectivity index (χ0v) is 59.5. The second-order valence-electron chi connectivity index (χ2n) is 32.8. The van der Waals surface area contributed by atoms with E-state index in [1.54, 1.807) is 0 Å². The summed E-state index contributed by atoms with van der Waals surface area (Å²) in [7, 11) is 0. The molecule has 3 aromatic heterocycles. The Hall–Kier alpha value is -6.88. The van der Waals surface area contributed by atoms with Gasteiger partial charge in [0.25, 0.3) is 0 Å². The molecule has 6 nitrogen and oxygen atoms in total. The fourth-order valence-corrected chi connectivity index (χ4v) is 11.4. The first-order chi connectivity index (χ1) is 40.1. The number of pyridine rings is 1. The van der Waals surface area contributed by atoms with Crippen molar-refractivity contribution in [3.8, 4) is 62.3 Å². The molecule has 0 spiro atoms. The van der Waals surface area contributed by atoms with Crippen LogP contribution in [0.5, 0.6) is 11.5 Å². The maximum absolute atomic E-state index is 6.91. The molecule has 3 heterocycles. The second-order valence-corrected chi connectivity index (χ2v) is 32.8. The summed E-state index contributed by atoms with van der Waals surface area (Å²) in [6.07, 6.45) is 5.79. The molecule has 7 aromatic carbocycles. The molecule has 0 aliphatic heterocycles. The van der Waals surface area contributed by atoms with Crippen LogP contribution in [0.25, 0.3) is 72.6 Å². The summed E-state index contributed by atoms with van der Waals surface area (Å²) in [5.41, 5.74) is 18.3. The minimum Gasteiger partial charge on any atom is -0.510 e. The maximum atomic E-state index is 6.91. The minimum absolute atomic E-state index is 0. The van der Waals surface area contributed by atoms with E-state index in [1.165, 1.54) is 44.5 Å². The van der Waals surface area contributed by atoms with E-state index >= 15 is 0 Å². The Labute approximate surface area is 542 Å². The Morgan fingerprint density at radius 2 is 0.852 bits per heavy atom. The first-order valence-corrected chi connectivity index (χ1v) is 31.4. The Morgan fingerprint density at radius 1 is 0.409 bits per heavy atom. The van der Waals surface area contributed by atoms with Crippen molar-refractivity contribution in [2.75, 3.05) is 0 Å². The Morgan fingerprint density at radius 3 is 1.33 bits per heavy atom. The molecule has 0 aliphatic rings. The summed E-state index contributed by atoms with van der Waals surface area (Å²) < 4.78 is 13.2. The molecule has 0 saturated heterocycles. The van der Waals surface area contributed by atoms with E-state index in [2.05, 4.69) is 303 Å². The third-order valence-corrected chi connectivity index (χ3v) is 17.3. The predicted octanol–water partition coefficient (Wildman–Crippen LogP) is 21.2. The van der Waals surface area contributed by atoms with Crippen LogP contribution in [-0.4, -0.2) is 19.3 Å². The fourth-order valence-electron chi connectivity index (χ4n) is 11.4. The fraction of sp³-hybridized carbons (Fsp3) is 0.395. The quantitative estimate of drug-likeness (QED) is 0.113. The topological polar surface area (TPSA) is 48.8 Å². The van der Waals surface area contributed by atoms with Crippen molar-refractivity contribution < 1.29 is 30.4 Å². The Bertz CT molecular complexity index is 4070. The summed E-state index contributed by atoms with van der Waals surface area (Å²) in [4.78, 5) is 4.99. The van der Waals surface area contributed by atoms with Crippen LogP contribution in [0, 0.1) is 18.5 Å². The third kappa shape index (κ3) is 13.5. The van der Waals surface area contributed by atoms with E-state index in [0.717, 1.165) is 67.0 Å². The van der Waals surface area contributed by atoms with Crippen molar-refractivity contribution in [1.82, 2.24) is 19.3 Å². The Kier molecular flexibility index (Phi) is 17.0. The molecule has 0 aliphatic carbocycles. The van der Waals surface area contributed by atoms with Crippen molar-refractivity contribution in [3.05, 3.63) is 203 Å². The number of nitrogens with zero attached hydrogens (tertiary/aromatic N) is 5. The average molecular weight is 1350 g/mol. The van der Waals surface area contributed by atoms with E-state index in [0.29, 0.717) is 17.2 Å². The van der Waals surface area contributed by atoms with Gasteiger partial charge in [-0.05, 0) is 144 Å². The molecule has 7 heteroatoms. The van der Waals surface area contributed by atoms with Crippen LogP contribution in [0.3, 0.4) is 0 Å². The summed E-state index contributed by atoms with van der Waals surface area (Å²) in [6, 6.07) is 57.1. The Balaban J connectivity index is 0.00000922. The smallest absolute Gasteiger partial charge is 0.233 e. The zero-order valence-electron chi connectivity index (χ0n) is 57.2. The van der Waals surface area contributed by atoms with Crippen LogP contribution in [0.4, 0.5) is 0 Å². The molecule has 0 radical (unpaired) electrons. The summed E-state index contributed by atoms with van der Waals surface area (Å²) >= 11 is 0. The number of hydrogen-bond acceptors (Lipinski definition) is 3. The van der Waals surface area contributed by atoms with Crippen molar-refractivity contribution in [3.63, 3.8) is 0 Å². The molecule has 0 amide bonds. The molecular weight excluding hydrogens is 1250 g/mol. The van der Waals surface area contributed by atoms with Gasteiger partial charge in [-0.25, -0.2) is 4.98 Å². The monoisotopic (exact) mass is 1350 g/mol. The van der Waals surface area contributed by atoms with Crippen molar-refractivity contribution in [2.24, 2.45) is 0 Å². The van der Waals surface area contributed by atoms with Gasteiger partial charge >= 0.3 is 0 Å².